The summed E-state index contributed by atoms with van der Waals surface area (Å²) in [6.07, 6.45) is 0. The Morgan fingerprint density at radius 1 is 1.24 bits per heavy atom. The maximum Gasteiger partial charge on any atom is 0.107 e. The highest BCUT2D eigenvalue weighted by molar-refractivity contribution is 7.09. The van der Waals surface area contributed by atoms with E-state index < -0.39 is 0 Å². The van der Waals surface area contributed by atoms with E-state index in [-0.39, 0.29) is 0 Å². The van der Waals surface area contributed by atoms with Gasteiger partial charge in [-0.1, -0.05) is 27.7 Å². The van der Waals surface area contributed by atoms with Crippen molar-refractivity contribution in [2.45, 2.75) is 40.1 Å². The van der Waals surface area contributed by atoms with Crippen molar-refractivity contribution < 1.29 is 0 Å². The summed E-state index contributed by atoms with van der Waals surface area (Å²) in [6, 6.07) is 0. The molecule has 1 aromatic heterocycles. The van der Waals surface area contributed by atoms with Crippen LogP contribution in [0.15, 0.2) is 5.38 Å². The summed E-state index contributed by atoms with van der Waals surface area (Å²) in [4.78, 5) is 7.02. The molecule has 0 radical (unpaired) electrons. The smallest absolute Gasteiger partial charge is 0.107 e. The molecule has 0 amide bonds. The Morgan fingerprint density at radius 3 is 2.24 bits per heavy atom. The molecule has 0 spiro atoms. The third-order valence-electron chi connectivity index (χ3n) is 2.34. The summed E-state index contributed by atoms with van der Waals surface area (Å²) < 4.78 is 0. The van der Waals surface area contributed by atoms with Gasteiger partial charge < -0.3 is 0 Å². The van der Waals surface area contributed by atoms with E-state index in [9.17, 15) is 0 Å². The zero-order chi connectivity index (χ0) is 12.8. The fourth-order valence-electron chi connectivity index (χ4n) is 1.91. The molecule has 0 N–H and O–H groups in total. The van der Waals surface area contributed by atoms with Gasteiger partial charge in [-0.25, -0.2) is 4.98 Å². The molecule has 1 aromatic rings. The van der Waals surface area contributed by atoms with Gasteiger partial charge in [0.05, 0.1) is 18.1 Å². The predicted octanol–water partition coefficient (Wildman–Crippen LogP) is 4.00. The van der Waals surface area contributed by atoms with Crippen LogP contribution in [0.2, 0.25) is 0 Å². The van der Waals surface area contributed by atoms with Crippen molar-refractivity contribution in [3.63, 3.8) is 0 Å². The molecule has 0 aliphatic rings. The zero-order valence-electron chi connectivity index (χ0n) is 11.2. The Balaban J connectivity index is 2.57. The molecule has 17 heavy (non-hydrogen) atoms. The van der Waals surface area contributed by atoms with E-state index in [1.807, 2.05) is 0 Å². The molecule has 2 nitrogen and oxygen atoms in total. The summed E-state index contributed by atoms with van der Waals surface area (Å²) >= 11 is 7.50. The molecule has 0 fully saturated rings. The van der Waals surface area contributed by atoms with Crippen LogP contribution in [0, 0.1) is 11.8 Å². The van der Waals surface area contributed by atoms with Crippen LogP contribution >= 0.6 is 22.9 Å². The maximum atomic E-state index is 5.78. The average molecular weight is 275 g/mol. The Bertz CT molecular complexity index is 313. The molecule has 4 heteroatoms. The molecule has 1 heterocycles. The second-order valence-electron chi connectivity index (χ2n) is 5.35. The minimum absolute atomic E-state index is 0.519. The van der Waals surface area contributed by atoms with Crippen molar-refractivity contribution in [2.24, 2.45) is 11.8 Å². The van der Waals surface area contributed by atoms with Gasteiger partial charge >= 0.3 is 0 Å². The summed E-state index contributed by atoms with van der Waals surface area (Å²) in [5.41, 5.74) is 1.00. The van der Waals surface area contributed by atoms with Crippen LogP contribution in [-0.2, 0) is 12.4 Å². The van der Waals surface area contributed by atoms with E-state index in [0.29, 0.717) is 17.7 Å². The molecule has 0 bridgehead atoms. The van der Waals surface area contributed by atoms with Gasteiger partial charge in [-0.3, -0.25) is 4.90 Å². The van der Waals surface area contributed by atoms with Crippen LogP contribution in [0.25, 0.3) is 0 Å². The monoisotopic (exact) mass is 274 g/mol. The van der Waals surface area contributed by atoms with Crippen molar-refractivity contribution in [2.75, 3.05) is 13.1 Å². The van der Waals surface area contributed by atoms with Crippen molar-refractivity contribution in [3.8, 4) is 0 Å². The van der Waals surface area contributed by atoms with Crippen molar-refractivity contribution in [1.82, 2.24) is 9.88 Å². The van der Waals surface area contributed by atoms with Gasteiger partial charge in [0.1, 0.15) is 5.01 Å². The molecule has 0 saturated carbocycles. The van der Waals surface area contributed by atoms with Crippen LogP contribution in [-0.4, -0.2) is 23.0 Å². The normalized spacial score (nSPS) is 12.0. The largest absolute Gasteiger partial charge is 0.296 e. The number of alkyl halides is 1. The molecule has 0 atom stereocenters. The van der Waals surface area contributed by atoms with Crippen LogP contribution in [0.5, 0.6) is 0 Å². The standard InChI is InChI=1S/C13H23ClN2S/c1-10(2)6-16(7-11(3)4)8-13-15-12(5-14)9-17-13/h9-11H,5-8H2,1-4H3. The summed E-state index contributed by atoms with van der Waals surface area (Å²) in [7, 11) is 0. The Morgan fingerprint density at radius 2 is 1.82 bits per heavy atom. The Kier molecular flexibility index (Phi) is 6.45. The number of hydrogen-bond donors (Lipinski definition) is 0. The first-order valence-electron chi connectivity index (χ1n) is 6.22. The number of thiazole rings is 1. The minimum atomic E-state index is 0.519. The quantitative estimate of drug-likeness (QED) is 0.699. The van der Waals surface area contributed by atoms with Crippen LogP contribution < -0.4 is 0 Å². The van der Waals surface area contributed by atoms with Gasteiger partial charge in [0.15, 0.2) is 0 Å². The molecule has 0 saturated heterocycles. The van der Waals surface area contributed by atoms with E-state index in [4.69, 9.17) is 11.6 Å². The minimum Gasteiger partial charge on any atom is -0.296 e. The lowest BCUT2D eigenvalue weighted by atomic mass is 10.1. The van der Waals surface area contributed by atoms with E-state index in [1.54, 1.807) is 11.3 Å². The number of aromatic nitrogens is 1. The summed E-state index contributed by atoms with van der Waals surface area (Å²) in [6.45, 7) is 12.3. The van der Waals surface area contributed by atoms with Gasteiger partial charge in [0, 0.05) is 18.5 Å². The van der Waals surface area contributed by atoms with E-state index >= 15 is 0 Å². The highest BCUT2D eigenvalue weighted by Gasteiger charge is 2.12. The third kappa shape index (κ3) is 5.84. The number of hydrogen-bond acceptors (Lipinski definition) is 3. The van der Waals surface area contributed by atoms with Gasteiger partial charge in [-0.05, 0) is 11.8 Å². The summed E-state index contributed by atoms with van der Waals surface area (Å²) in [5.74, 6) is 1.91. The molecule has 1 rings (SSSR count). The van der Waals surface area contributed by atoms with Gasteiger partial charge in [-0.2, -0.15) is 0 Å². The lowest BCUT2D eigenvalue weighted by Crippen LogP contribution is -2.30. The SMILES string of the molecule is CC(C)CN(Cc1nc(CCl)cs1)CC(C)C. The lowest BCUT2D eigenvalue weighted by molar-refractivity contribution is 0.211. The first kappa shape index (κ1) is 14.9. The van der Waals surface area contributed by atoms with E-state index in [0.717, 1.165) is 25.3 Å². The molecular formula is C13H23ClN2S. The highest BCUT2D eigenvalue weighted by atomic mass is 35.5. The van der Waals surface area contributed by atoms with Crippen molar-refractivity contribution >= 4 is 22.9 Å². The molecule has 0 aliphatic carbocycles. The topological polar surface area (TPSA) is 16.1 Å². The molecule has 0 aliphatic heterocycles. The highest BCUT2D eigenvalue weighted by Crippen LogP contribution is 2.15. The van der Waals surface area contributed by atoms with E-state index in [2.05, 4.69) is 43.0 Å². The number of rotatable bonds is 7. The summed E-state index contributed by atoms with van der Waals surface area (Å²) in [5, 5.41) is 3.24. The number of nitrogens with zero attached hydrogens (tertiary/aromatic N) is 2. The Labute approximate surface area is 114 Å². The van der Waals surface area contributed by atoms with E-state index in [1.165, 1.54) is 5.01 Å². The second-order valence-corrected chi connectivity index (χ2v) is 6.56. The maximum absolute atomic E-state index is 5.78. The molecule has 0 unspecified atom stereocenters. The fraction of sp³-hybridized carbons (Fsp3) is 0.769. The Hall–Kier alpha value is -0.120. The average Bonchev–Trinajstić information content (AvgIpc) is 2.63. The first-order valence-corrected chi connectivity index (χ1v) is 7.64. The lowest BCUT2D eigenvalue weighted by Gasteiger charge is -2.25. The van der Waals surface area contributed by atoms with Crippen molar-refractivity contribution in [3.05, 3.63) is 16.1 Å². The zero-order valence-corrected chi connectivity index (χ0v) is 12.8. The predicted molar refractivity (Wildman–Crippen MR) is 76.6 cm³/mol. The molecular weight excluding hydrogens is 252 g/mol. The fourth-order valence-corrected chi connectivity index (χ4v) is 2.97. The third-order valence-corrected chi connectivity index (χ3v) is 3.50. The first-order chi connectivity index (χ1) is 8.01. The molecule has 0 aromatic carbocycles. The van der Waals surface area contributed by atoms with Crippen LogP contribution in [0.3, 0.4) is 0 Å². The number of halogens is 1. The second kappa shape index (κ2) is 7.34. The molecule has 98 valence electrons. The van der Waals surface area contributed by atoms with Crippen molar-refractivity contribution in [1.29, 1.82) is 0 Å². The van der Waals surface area contributed by atoms with Crippen LogP contribution in [0.1, 0.15) is 38.4 Å². The van der Waals surface area contributed by atoms with Gasteiger partial charge in [0.2, 0.25) is 0 Å². The van der Waals surface area contributed by atoms with Crippen LogP contribution in [0.4, 0.5) is 0 Å². The van der Waals surface area contributed by atoms with Gasteiger partial charge in [-0.15, -0.1) is 22.9 Å². The van der Waals surface area contributed by atoms with Gasteiger partial charge in [0.25, 0.3) is 0 Å².